The minimum Gasteiger partial charge on any atom is -0.481 e. The van der Waals surface area contributed by atoms with Crippen molar-refractivity contribution in [2.24, 2.45) is 0 Å². The van der Waals surface area contributed by atoms with Crippen molar-refractivity contribution in [3.05, 3.63) is 21.7 Å². The number of carboxylic acids is 1. The normalized spacial score (nSPS) is 19.7. The van der Waals surface area contributed by atoms with Crippen LogP contribution in [0.15, 0.2) is 10.5 Å². The largest absolute Gasteiger partial charge is 0.481 e. The molecule has 1 aliphatic carbocycles. The van der Waals surface area contributed by atoms with E-state index in [9.17, 15) is 9.90 Å². The average molecular weight is 327 g/mol. The first-order valence-electron chi connectivity index (χ1n) is 6.39. The molecule has 1 heterocycles. The van der Waals surface area contributed by atoms with Gasteiger partial charge in [-0.05, 0) is 31.4 Å². The lowest BCUT2D eigenvalue weighted by molar-refractivity contribution is -0.143. The Morgan fingerprint density at radius 2 is 2.05 bits per heavy atom. The standard InChI is InChI=1S/C14H15BrO4/c1-8-9(15)6-10-12(19-7-18-10)11(8)14(13(16)17)4-2-3-5-14/h6H,2-5,7H2,1H3,(H,16,17). The third-order valence-corrected chi connectivity index (χ3v) is 5.03. The van der Waals surface area contributed by atoms with E-state index < -0.39 is 11.4 Å². The summed E-state index contributed by atoms with van der Waals surface area (Å²) in [5, 5.41) is 9.75. The molecular weight excluding hydrogens is 312 g/mol. The monoisotopic (exact) mass is 326 g/mol. The molecule has 1 aromatic carbocycles. The molecular formula is C14H15BrO4. The van der Waals surface area contributed by atoms with Crippen LogP contribution in [-0.4, -0.2) is 17.9 Å². The number of aliphatic carboxylic acids is 1. The summed E-state index contributed by atoms with van der Waals surface area (Å²) in [6.45, 7) is 2.10. The van der Waals surface area contributed by atoms with Gasteiger partial charge < -0.3 is 14.6 Å². The van der Waals surface area contributed by atoms with Crippen molar-refractivity contribution in [3.63, 3.8) is 0 Å². The first-order chi connectivity index (χ1) is 9.06. The summed E-state index contributed by atoms with van der Waals surface area (Å²) in [5.41, 5.74) is 0.902. The van der Waals surface area contributed by atoms with Gasteiger partial charge in [-0.3, -0.25) is 4.79 Å². The maximum absolute atomic E-state index is 11.9. The Morgan fingerprint density at radius 3 is 2.68 bits per heavy atom. The molecule has 2 aliphatic rings. The number of fused-ring (bicyclic) bond motifs is 1. The highest BCUT2D eigenvalue weighted by Crippen LogP contribution is 2.52. The lowest BCUT2D eigenvalue weighted by Gasteiger charge is -2.28. The zero-order valence-corrected chi connectivity index (χ0v) is 12.2. The second kappa shape index (κ2) is 4.40. The van der Waals surface area contributed by atoms with Crippen LogP contribution in [0.25, 0.3) is 0 Å². The summed E-state index contributed by atoms with van der Waals surface area (Å²) in [4.78, 5) is 11.9. The highest BCUT2D eigenvalue weighted by atomic mass is 79.9. The van der Waals surface area contributed by atoms with Crippen LogP contribution in [0.3, 0.4) is 0 Å². The number of hydrogen-bond donors (Lipinski definition) is 1. The molecule has 0 aromatic heterocycles. The molecule has 1 N–H and O–H groups in total. The fourth-order valence-electron chi connectivity index (χ4n) is 3.23. The molecule has 4 nitrogen and oxygen atoms in total. The number of carboxylic acid groups (broad SMARTS) is 1. The molecule has 0 unspecified atom stereocenters. The molecule has 0 bridgehead atoms. The molecule has 19 heavy (non-hydrogen) atoms. The van der Waals surface area contributed by atoms with Crippen molar-refractivity contribution >= 4 is 21.9 Å². The summed E-state index contributed by atoms with van der Waals surface area (Å²) >= 11 is 3.49. The number of benzene rings is 1. The Labute approximate surface area is 119 Å². The fraction of sp³-hybridized carbons (Fsp3) is 0.500. The van der Waals surface area contributed by atoms with Gasteiger partial charge in [0.05, 0.1) is 5.41 Å². The first-order valence-corrected chi connectivity index (χ1v) is 7.18. The number of hydrogen-bond acceptors (Lipinski definition) is 3. The highest BCUT2D eigenvalue weighted by Gasteiger charge is 2.47. The summed E-state index contributed by atoms with van der Waals surface area (Å²) in [6.07, 6.45) is 3.20. The van der Waals surface area contributed by atoms with Crippen LogP contribution in [0.4, 0.5) is 0 Å². The van der Waals surface area contributed by atoms with Gasteiger partial charge in [-0.2, -0.15) is 0 Å². The molecule has 1 aliphatic heterocycles. The first kappa shape index (κ1) is 12.8. The third kappa shape index (κ3) is 1.75. The van der Waals surface area contributed by atoms with Gasteiger partial charge in [0.1, 0.15) is 0 Å². The van der Waals surface area contributed by atoms with Crippen molar-refractivity contribution in [2.45, 2.75) is 38.0 Å². The van der Waals surface area contributed by atoms with E-state index in [4.69, 9.17) is 9.47 Å². The van der Waals surface area contributed by atoms with E-state index in [0.717, 1.165) is 28.4 Å². The van der Waals surface area contributed by atoms with E-state index in [2.05, 4.69) is 15.9 Å². The molecule has 0 atom stereocenters. The molecule has 0 radical (unpaired) electrons. The Balaban J connectivity index is 2.27. The molecule has 102 valence electrons. The van der Waals surface area contributed by atoms with Gasteiger partial charge in [-0.15, -0.1) is 0 Å². The van der Waals surface area contributed by atoms with Gasteiger partial charge >= 0.3 is 5.97 Å². The minimum absolute atomic E-state index is 0.161. The van der Waals surface area contributed by atoms with Crippen molar-refractivity contribution in [1.29, 1.82) is 0 Å². The zero-order chi connectivity index (χ0) is 13.6. The predicted molar refractivity (Wildman–Crippen MR) is 72.8 cm³/mol. The average Bonchev–Trinajstić information content (AvgIpc) is 2.99. The maximum atomic E-state index is 11.9. The number of rotatable bonds is 2. The van der Waals surface area contributed by atoms with Crippen LogP contribution in [0.5, 0.6) is 11.5 Å². The SMILES string of the molecule is Cc1c(Br)cc2c(c1C1(C(=O)O)CCCC1)OCO2. The highest BCUT2D eigenvalue weighted by molar-refractivity contribution is 9.10. The van der Waals surface area contributed by atoms with E-state index in [1.54, 1.807) is 0 Å². The van der Waals surface area contributed by atoms with Crippen LogP contribution in [0.1, 0.15) is 36.8 Å². The van der Waals surface area contributed by atoms with Crippen molar-refractivity contribution < 1.29 is 19.4 Å². The molecule has 1 aromatic rings. The maximum Gasteiger partial charge on any atom is 0.314 e. The predicted octanol–water partition coefficient (Wildman–Crippen LogP) is 3.38. The number of halogens is 1. The fourth-order valence-corrected chi connectivity index (χ4v) is 3.64. The van der Waals surface area contributed by atoms with E-state index in [1.165, 1.54) is 0 Å². The van der Waals surface area contributed by atoms with Crippen LogP contribution in [0, 0.1) is 6.92 Å². The Bertz CT molecular complexity index is 547. The van der Waals surface area contributed by atoms with Gasteiger partial charge in [-0.25, -0.2) is 0 Å². The molecule has 1 saturated carbocycles. The Hall–Kier alpha value is -1.23. The topological polar surface area (TPSA) is 55.8 Å². The summed E-state index contributed by atoms with van der Waals surface area (Å²) in [5.74, 6) is 0.494. The van der Waals surface area contributed by atoms with Crippen molar-refractivity contribution in [2.75, 3.05) is 6.79 Å². The van der Waals surface area contributed by atoms with E-state index in [1.807, 2.05) is 13.0 Å². The van der Waals surface area contributed by atoms with Crippen molar-refractivity contribution in [3.8, 4) is 11.5 Å². The summed E-state index contributed by atoms with van der Waals surface area (Å²) < 4.78 is 11.8. The van der Waals surface area contributed by atoms with E-state index in [-0.39, 0.29) is 6.79 Å². The second-order valence-electron chi connectivity index (χ2n) is 5.19. The van der Waals surface area contributed by atoms with Gasteiger partial charge in [0, 0.05) is 10.0 Å². The number of ether oxygens (including phenoxy) is 2. The van der Waals surface area contributed by atoms with Crippen LogP contribution >= 0.6 is 15.9 Å². The van der Waals surface area contributed by atoms with Gasteiger partial charge in [-0.1, -0.05) is 28.8 Å². The van der Waals surface area contributed by atoms with Crippen LogP contribution in [-0.2, 0) is 10.2 Å². The molecule has 0 saturated heterocycles. The zero-order valence-electron chi connectivity index (χ0n) is 10.7. The van der Waals surface area contributed by atoms with Crippen LogP contribution < -0.4 is 9.47 Å². The third-order valence-electron chi connectivity index (χ3n) is 4.20. The quantitative estimate of drug-likeness (QED) is 0.905. The summed E-state index contributed by atoms with van der Waals surface area (Å²) in [6, 6.07) is 1.85. The molecule has 1 fully saturated rings. The molecule has 0 amide bonds. The summed E-state index contributed by atoms with van der Waals surface area (Å²) in [7, 11) is 0. The lowest BCUT2D eigenvalue weighted by Crippen LogP contribution is -2.33. The molecule has 5 heteroatoms. The Morgan fingerprint density at radius 1 is 1.37 bits per heavy atom. The van der Waals surface area contributed by atoms with E-state index in [0.29, 0.717) is 24.3 Å². The van der Waals surface area contributed by atoms with Crippen LogP contribution in [0.2, 0.25) is 0 Å². The van der Waals surface area contributed by atoms with E-state index >= 15 is 0 Å². The molecule has 3 rings (SSSR count). The smallest absolute Gasteiger partial charge is 0.314 e. The van der Waals surface area contributed by atoms with Gasteiger partial charge in [0.15, 0.2) is 11.5 Å². The Kier molecular flexibility index (Phi) is 2.96. The number of carbonyl (C=O) groups is 1. The lowest BCUT2D eigenvalue weighted by atomic mass is 9.76. The minimum atomic E-state index is -0.828. The van der Waals surface area contributed by atoms with Gasteiger partial charge in [0.25, 0.3) is 0 Å². The van der Waals surface area contributed by atoms with Gasteiger partial charge in [0.2, 0.25) is 6.79 Å². The molecule has 0 spiro atoms. The van der Waals surface area contributed by atoms with Crippen molar-refractivity contribution in [1.82, 2.24) is 0 Å². The second-order valence-corrected chi connectivity index (χ2v) is 6.04.